The summed E-state index contributed by atoms with van der Waals surface area (Å²) in [6.07, 6.45) is 1.42. The third-order valence-electron chi connectivity index (χ3n) is 3.23. The molecule has 7 nitrogen and oxygen atoms in total. The highest BCUT2D eigenvalue weighted by atomic mass is 16.6. The van der Waals surface area contributed by atoms with E-state index in [1.54, 1.807) is 12.1 Å². The number of esters is 1. The van der Waals surface area contributed by atoms with Gasteiger partial charge < -0.3 is 14.8 Å². The molecule has 2 rings (SSSR count). The largest absolute Gasteiger partial charge is 0.472 e. The van der Waals surface area contributed by atoms with E-state index in [1.165, 1.54) is 20.1 Å². The van der Waals surface area contributed by atoms with Crippen LogP contribution in [0.5, 0.6) is 5.75 Å². The number of carbonyl (C=O) groups excluding carboxylic acids is 1. The average Bonchev–Trinajstić information content (AvgIpc) is 3.28. The van der Waals surface area contributed by atoms with Gasteiger partial charge in [-0.2, -0.15) is 0 Å². The number of carbonyl (C=O) groups is 1. The lowest BCUT2D eigenvalue weighted by molar-refractivity contribution is -0.386. The second kappa shape index (κ2) is 6.53. The Morgan fingerprint density at radius 2 is 2.24 bits per heavy atom. The lowest BCUT2D eigenvalue weighted by Gasteiger charge is -2.13. The van der Waals surface area contributed by atoms with Gasteiger partial charge in [-0.05, 0) is 31.4 Å². The first-order chi connectivity index (χ1) is 10.0. The highest BCUT2D eigenvalue weighted by Crippen LogP contribution is 2.29. The molecule has 1 N–H and O–H groups in total. The smallest absolute Gasteiger partial charge is 0.346 e. The Morgan fingerprint density at radius 3 is 2.81 bits per heavy atom. The van der Waals surface area contributed by atoms with Gasteiger partial charge in [0.2, 0.25) is 0 Å². The Hall–Kier alpha value is -2.15. The maximum Gasteiger partial charge on any atom is 0.346 e. The molecule has 0 spiro atoms. The fraction of sp³-hybridized carbons (Fsp3) is 0.500. The SMILES string of the molecule is COC(=O)C(C)Oc1cc(CNC2CC2)ccc1[N+](=O)[O-]. The van der Waals surface area contributed by atoms with Crippen LogP contribution < -0.4 is 10.1 Å². The minimum atomic E-state index is -0.902. The van der Waals surface area contributed by atoms with Crippen molar-refractivity contribution in [2.75, 3.05) is 7.11 Å². The number of rotatable bonds is 7. The monoisotopic (exact) mass is 294 g/mol. The molecule has 1 aromatic carbocycles. The molecule has 0 bridgehead atoms. The Kier molecular flexibility index (Phi) is 4.74. The first kappa shape index (κ1) is 15.2. The predicted molar refractivity (Wildman–Crippen MR) is 75.1 cm³/mol. The van der Waals surface area contributed by atoms with Crippen molar-refractivity contribution >= 4 is 11.7 Å². The van der Waals surface area contributed by atoms with Crippen LogP contribution in [-0.4, -0.2) is 30.1 Å². The molecular weight excluding hydrogens is 276 g/mol. The molecule has 1 aromatic rings. The first-order valence-electron chi connectivity index (χ1n) is 6.76. The summed E-state index contributed by atoms with van der Waals surface area (Å²) in [5, 5.41) is 14.3. The molecule has 1 aliphatic rings. The fourth-order valence-electron chi connectivity index (χ4n) is 1.87. The van der Waals surface area contributed by atoms with Crippen molar-refractivity contribution in [3.8, 4) is 5.75 Å². The highest BCUT2D eigenvalue weighted by molar-refractivity contribution is 5.74. The highest BCUT2D eigenvalue weighted by Gasteiger charge is 2.23. The van der Waals surface area contributed by atoms with Gasteiger partial charge in [-0.1, -0.05) is 6.07 Å². The molecule has 1 atom stereocenters. The van der Waals surface area contributed by atoms with Crippen LogP contribution in [-0.2, 0) is 16.1 Å². The van der Waals surface area contributed by atoms with Crippen LogP contribution >= 0.6 is 0 Å². The van der Waals surface area contributed by atoms with Gasteiger partial charge in [0.25, 0.3) is 0 Å². The first-order valence-corrected chi connectivity index (χ1v) is 6.76. The van der Waals surface area contributed by atoms with E-state index in [0.717, 1.165) is 18.4 Å². The van der Waals surface area contributed by atoms with Gasteiger partial charge in [-0.15, -0.1) is 0 Å². The standard InChI is InChI=1S/C14H18N2O5/c1-9(14(17)20-2)21-13-7-10(8-15-11-4-5-11)3-6-12(13)16(18)19/h3,6-7,9,11,15H,4-5,8H2,1-2H3. The number of hydrogen-bond acceptors (Lipinski definition) is 6. The average molecular weight is 294 g/mol. The Morgan fingerprint density at radius 1 is 1.52 bits per heavy atom. The van der Waals surface area contributed by atoms with Crippen molar-refractivity contribution in [3.05, 3.63) is 33.9 Å². The van der Waals surface area contributed by atoms with Crippen LogP contribution in [0.3, 0.4) is 0 Å². The second-order valence-corrected chi connectivity index (χ2v) is 5.00. The number of methoxy groups -OCH3 is 1. The fourth-order valence-corrected chi connectivity index (χ4v) is 1.87. The quantitative estimate of drug-likeness (QED) is 0.468. The molecule has 0 amide bonds. The Labute approximate surface area is 122 Å². The summed E-state index contributed by atoms with van der Waals surface area (Å²) in [6, 6.07) is 5.21. The van der Waals surface area contributed by atoms with Crippen LogP contribution in [0.15, 0.2) is 18.2 Å². The molecule has 1 aliphatic carbocycles. The molecule has 7 heteroatoms. The molecule has 0 aliphatic heterocycles. The summed E-state index contributed by atoms with van der Waals surface area (Å²) in [4.78, 5) is 21.9. The van der Waals surface area contributed by atoms with Gasteiger partial charge in [-0.3, -0.25) is 10.1 Å². The zero-order valence-corrected chi connectivity index (χ0v) is 12.0. The van der Waals surface area contributed by atoms with E-state index in [0.29, 0.717) is 12.6 Å². The molecule has 21 heavy (non-hydrogen) atoms. The number of nitrogens with one attached hydrogen (secondary N) is 1. The number of ether oxygens (including phenoxy) is 2. The molecule has 0 aromatic heterocycles. The lowest BCUT2D eigenvalue weighted by Crippen LogP contribution is -2.25. The third-order valence-corrected chi connectivity index (χ3v) is 3.23. The zero-order valence-electron chi connectivity index (χ0n) is 12.0. The van der Waals surface area contributed by atoms with Crippen molar-refractivity contribution < 1.29 is 19.2 Å². The van der Waals surface area contributed by atoms with E-state index in [2.05, 4.69) is 10.1 Å². The van der Waals surface area contributed by atoms with Crippen molar-refractivity contribution in [2.24, 2.45) is 0 Å². The number of nitro groups is 1. The lowest BCUT2D eigenvalue weighted by atomic mass is 10.2. The third kappa shape index (κ3) is 4.16. The summed E-state index contributed by atoms with van der Waals surface area (Å²) < 4.78 is 9.93. The summed E-state index contributed by atoms with van der Waals surface area (Å²) in [6.45, 7) is 2.11. The van der Waals surface area contributed by atoms with Crippen molar-refractivity contribution in [1.82, 2.24) is 5.32 Å². The topological polar surface area (TPSA) is 90.7 Å². The van der Waals surface area contributed by atoms with Gasteiger partial charge in [0, 0.05) is 18.7 Å². The number of nitrogens with zero attached hydrogens (tertiary/aromatic N) is 1. The summed E-state index contributed by atoms with van der Waals surface area (Å²) in [7, 11) is 1.24. The van der Waals surface area contributed by atoms with E-state index >= 15 is 0 Å². The maximum atomic E-state index is 11.4. The van der Waals surface area contributed by atoms with Crippen LogP contribution in [0.1, 0.15) is 25.3 Å². The molecule has 1 fully saturated rings. The van der Waals surface area contributed by atoms with Crippen LogP contribution in [0.2, 0.25) is 0 Å². The van der Waals surface area contributed by atoms with Gasteiger partial charge in [0.15, 0.2) is 11.9 Å². The number of hydrogen-bond donors (Lipinski definition) is 1. The molecule has 1 saturated carbocycles. The van der Waals surface area contributed by atoms with E-state index in [1.807, 2.05) is 0 Å². The minimum Gasteiger partial charge on any atom is -0.472 e. The van der Waals surface area contributed by atoms with Crippen molar-refractivity contribution in [1.29, 1.82) is 0 Å². The zero-order chi connectivity index (χ0) is 15.4. The maximum absolute atomic E-state index is 11.4. The normalized spacial score (nSPS) is 15.3. The number of benzene rings is 1. The predicted octanol–water partition coefficient (Wildman–Crippen LogP) is 1.79. The molecule has 0 saturated heterocycles. The Balaban J connectivity index is 2.14. The van der Waals surface area contributed by atoms with Gasteiger partial charge >= 0.3 is 11.7 Å². The molecular formula is C14H18N2O5. The van der Waals surface area contributed by atoms with Crippen LogP contribution in [0, 0.1) is 10.1 Å². The van der Waals surface area contributed by atoms with E-state index < -0.39 is 17.0 Å². The number of nitro benzene ring substituents is 1. The summed E-state index contributed by atoms with van der Waals surface area (Å²) >= 11 is 0. The van der Waals surface area contributed by atoms with Gasteiger partial charge in [-0.25, -0.2) is 4.79 Å². The minimum absolute atomic E-state index is 0.0768. The van der Waals surface area contributed by atoms with Crippen LogP contribution in [0.25, 0.3) is 0 Å². The molecule has 0 radical (unpaired) electrons. The van der Waals surface area contributed by atoms with E-state index in [4.69, 9.17) is 4.74 Å². The summed E-state index contributed by atoms with van der Waals surface area (Å²) in [5.41, 5.74) is 0.709. The van der Waals surface area contributed by atoms with Gasteiger partial charge in [0.05, 0.1) is 12.0 Å². The van der Waals surface area contributed by atoms with Gasteiger partial charge in [0.1, 0.15) is 0 Å². The molecule has 1 unspecified atom stereocenters. The van der Waals surface area contributed by atoms with Crippen molar-refractivity contribution in [2.45, 2.75) is 38.5 Å². The second-order valence-electron chi connectivity index (χ2n) is 5.00. The Bertz CT molecular complexity index is 542. The van der Waals surface area contributed by atoms with Crippen LogP contribution in [0.4, 0.5) is 5.69 Å². The van der Waals surface area contributed by atoms with E-state index in [9.17, 15) is 14.9 Å². The molecule has 0 heterocycles. The summed E-state index contributed by atoms with van der Waals surface area (Å²) in [5.74, 6) is -0.501. The molecule has 114 valence electrons. The van der Waals surface area contributed by atoms with Crippen molar-refractivity contribution in [3.63, 3.8) is 0 Å². The van der Waals surface area contributed by atoms with E-state index in [-0.39, 0.29) is 11.4 Å².